The first kappa shape index (κ1) is 13.4. The highest BCUT2D eigenvalue weighted by atomic mass is 15.1. The Hall–Kier alpha value is -2.04. The fourth-order valence-electron chi connectivity index (χ4n) is 1.91. The number of pyridine rings is 1. The van der Waals surface area contributed by atoms with E-state index in [2.05, 4.69) is 52.4 Å². The van der Waals surface area contributed by atoms with Crippen molar-refractivity contribution in [1.82, 2.24) is 15.0 Å². The highest BCUT2D eigenvalue weighted by Gasteiger charge is 2.05. The van der Waals surface area contributed by atoms with Gasteiger partial charge in [0, 0.05) is 30.7 Å². The molecule has 3 N–H and O–H groups in total. The smallest absolute Gasteiger partial charge is 0.200 e. The molecular weight excluding hydrogens is 238 g/mol. The SMILES string of the molecule is CC(C)Nc1ccc(C[C@H](C)Nc2ncc[nH]2)cn1. The van der Waals surface area contributed by atoms with Gasteiger partial charge in [0.15, 0.2) is 5.95 Å². The molecule has 0 saturated heterocycles. The molecule has 1 atom stereocenters. The average Bonchev–Trinajstić information content (AvgIpc) is 2.83. The summed E-state index contributed by atoms with van der Waals surface area (Å²) in [6.45, 7) is 6.33. The summed E-state index contributed by atoms with van der Waals surface area (Å²) >= 11 is 0. The van der Waals surface area contributed by atoms with Crippen molar-refractivity contribution in [1.29, 1.82) is 0 Å². The molecule has 0 spiro atoms. The van der Waals surface area contributed by atoms with E-state index in [4.69, 9.17) is 0 Å². The van der Waals surface area contributed by atoms with Gasteiger partial charge in [-0.2, -0.15) is 0 Å². The van der Waals surface area contributed by atoms with Gasteiger partial charge in [0.25, 0.3) is 0 Å². The lowest BCUT2D eigenvalue weighted by Gasteiger charge is -2.14. The largest absolute Gasteiger partial charge is 0.368 e. The van der Waals surface area contributed by atoms with Crippen LogP contribution in [0.3, 0.4) is 0 Å². The van der Waals surface area contributed by atoms with E-state index in [1.807, 2.05) is 18.5 Å². The van der Waals surface area contributed by atoms with Crippen LogP contribution in [0.15, 0.2) is 30.7 Å². The standard InChI is InChI=1S/C14H21N5/c1-10(2)18-13-5-4-12(9-17-13)8-11(3)19-14-15-6-7-16-14/h4-7,9-11H,8H2,1-3H3,(H,17,18)(H2,15,16,19)/t11-/m0/s1. The number of nitrogens with zero attached hydrogens (tertiary/aromatic N) is 2. The van der Waals surface area contributed by atoms with Gasteiger partial charge in [-0.25, -0.2) is 9.97 Å². The topological polar surface area (TPSA) is 65.6 Å². The second-order valence-electron chi connectivity index (χ2n) is 5.04. The van der Waals surface area contributed by atoms with E-state index in [1.165, 1.54) is 5.56 Å². The van der Waals surface area contributed by atoms with E-state index < -0.39 is 0 Å². The first-order valence-corrected chi connectivity index (χ1v) is 6.61. The van der Waals surface area contributed by atoms with E-state index in [9.17, 15) is 0 Å². The lowest BCUT2D eigenvalue weighted by atomic mass is 10.1. The predicted octanol–water partition coefficient (Wildman–Crippen LogP) is 2.67. The fraction of sp³-hybridized carbons (Fsp3) is 0.429. The summed E-state index contributed by atoms with van der Waals surface area (Å²) in [7, 11) is 0. The summed E-state index contributed by atoms with van der Waals surface area (Å²) in [6.07, 6.45) is 6.38. The Labute approximate surface area is 113 Å². The molecule has 5 nitrogen and oxygen atoms in total. The molecule has 2 rings (SSSR count). The maximum absolute atomic E-state index is 4.41. The summed E-state index contributed by atoms with van der Waals surface area (Å²) < 4.78 is 0. The molecule has 0 amide bonds. The second kappa shape index (κ2) is 6.22. The molecule has 19 heavy (non-hydrogen) atoms. The minimum absolute atomic E-state index is 0.303. The van der Waals surface area contributed by atoms with Crippen LogP contribution in [0.25, 0.3) is 0 Å². The average molecular weight is 259 g/mol. The summed E-state index contributed by atoms with van der Waals surface area (Å²) in [5, 5.41) is 6.59. The van der Waals surface area contributed by atoms with Crippen LogP contribution in [0.5, 0.6) is 0 Å². The van der Waals surface area contributed by atoms with Gasteiger partial charge in [0.05, 0.1) is 0 Å². The highest BCUT2D eigenvalue weighted by Crippen LogP contribution is 2.10. The molecule has 102 valence electrons. The van der Waals surface area contributed by atoms with Crippen molar-refractivity contribution in [2.24, 2.45) is 0 Å². The molecule has 0 aliphatic heterocycles. The van der Waals surface area contributed by atoms with Gasteiger partial charge in [0.1, 0.15) is 5.82 Å². The molecule has 2 heterocycles. The van der Waals surface area contributed by atoms with E-state index in [0.717, 1.165) is 18.2 Å². The number of imidazole rings is 1. The molecule has 0 unspecified atom stereocenters. The van der Waals surface area contributed by atoms with Crippen LogP contribution in [0, 0.1) is 0 Å². The van der Waals surface area contributed by atoms with Gasteiger partial charge >= 0.3 is 0 Å². The Morgan fingerprint density at radius 1 is 1.16 bits per heavy atom. The third kappa shape index (κ3) is 4.28. The molecule has 2 aromatic heterocycles. The summed E-state index contributed by atoms with van der Waals surface area (Å²) in [5.74, 6) is 1.73. The molecule has 0 fully saturated rings. The summed E-state index contributed by atoms with van der Waals surface area (Å²) in [5.41, 5.74) is 1.21. The van der Waals surface area contributed by atoms with E-state index >= 15 is 0 Å². The maximum atomic E-state index is 4.41. The molecule has 2 aromatic rings. The van der Waals surface area contributed by atoms with Gasteiger partial charge in [-0.15, -0.1) is 0 Å². The maximum Gasteiger partial charge on any atom is 0.200 e. The second-order valence-corrected chi connectivity index (χ2v) is 5.04. The van der Waals surface area contributed by atoms with E-state index in [1.54, 1.807) is 6.20 Å². The van der Waals surface area contributed by atoms with Gasteiger partial charge in [-0.3, -0.25) is 0 Å². The molecule has 0 aliphatic carbocycles. The zero-order valence-corrected chi connectivity index (χ0v) is 11.6. The number of aromatic amines is 1. The number of rotatable bonds is 6. The number of hydrogen-bond acceptors (Lipinski definition) is 4. The van der Waals surface area contributed by atoms with E-state index in [-0.39, 0.29) is 0 Å². The Bertz CT molecular complexity index is 475. The monoisotopic (exact) mass is 259 g/mol. The van der Waals surface area contributed by atoms with Gasteiger partial charge in [-0.1, -0.05) is 6.07 Å². The van der Waals surface area contributed by atoms with Crippen LogP contribution < -0.4 is 10.6 Å². The van der Waals surface area contributed by atoms with Gasteiger partial charge in [-0.05, 0) is 38.8 Å². The molecule has 0 aliphatic rings. The first-order valence-electron chi connectivity index (χ1n) is 6.61. The Kier molecular flexibility index (Phi) is 4.39. The Morgan fingerprint density at radius 2 is 2.00 bits per heavy atom. The lowest BCUT2D eigenvalue weighted by Crippen LogP contribution is -2.19. The third-order valence-electron chi connectivity index (χ3n) is 2.68. The van der Waals surface area contributed by atoms with Crippen LogP contribution in [-0.4, -0.2) is 27.0 Å². The Balaban J connectivity index is 1.88. The molecule has 5 heteroatoms. The minimum atomic E-state index is 0.303. The van der Waals surface area contributed by atoms with Crippen LogP contribution in [-0.2, 0) is 6.42 Å². The zero-order valence-electron chi connectivity index (χ0n) is 11.6. The number of nitrogens with one attached hydrogen (secondary N) is 3. The van der Waals surface area contributed by atoms with Crippen LogP contribution in [0.4, 0.5) is 11.8 Å². The number of aromatic nitrogens is 3. The van der Waals surface area contributed by atoms with Crippen LogP contribution in [0.1, 0.15) is 26.3 Å². The van der Waals surface area contributed by atoms with Crippen molar-refractivity contribution >= 4 is 11.8 Å². The molecule has 0 saturated carbocycles. The number of hydrogen-bond donors (Lipinski definition) is 3. The van der Waals surface area contributed by atoms with Gasteiger partial charge in [0.2, 0.25) is 0 Å². The van der Waals surface area contributed by atoms with Crippen molar-refractivity contribution < 1.29 is 0 Å². The fourth-order valence-corrected chi connectivity index (χ4v) is 1.91. The highest BCUT2D eigenvalue weighted by molar-refractivity contribution is 5.36. The zero-order chi connectivity index (χ0) is 13.7. The van der Waals surface area contributed by atoms with Crippen LogP contribution in [0.2, 0.25) is 0 Å². The molecule has 0 radical (unpaired) electrons. The summed E-state index contributed by atoms with van der Waals surface area (Å²) in [4.78, 5) is 11.6. The van der Waals surface area contributed by atoms with E-state index in [0.29, 0.717) is 12.1 Å². The normalized spacial score (nSPS) is 12.4. The van der Waals surface area contributed by atoms with Crippen molar-refractivity contribution in [3.8, 4) is 0 Å². The predicted molar refractivity (Wildman–Crippen MR) is 78.4 cm³/mol. The van der Waals surface area contributed by atoms with Gasteiger partial charge < -0.3 is 15.6 Å². The molecule has 0 bridgehead atoms. The quantitative estimate of drug-likeness (QED) is 0.746. The third-order valence-corrected chi connectivity index (χ3v) is 2.68. The molecule has 0 aromatic carbocycles. The summed E-state index contributed by atoms with van der Waals surface area (Å²) in [6, 6.07) is 4.84. The minimum Gasteiger partial charge on any atom is -0.368 e. The number of anilines is 2. The van der Waals surface area contributed by atoms with Crippen molar-refractivity contribution in [3.05, 3.63) is 36.3 Å². The van der Waals surface area contributed by atoms with Crippen molar-refractivity contribution in [2.75, 3.05) is 10.6 Å². The first-order chi connectivity index (χ1) is 9.13. The number of H-pyrrole nitrogens is 1. The Morgan fingerprint density at radius 3 is 2.58 bits per heavy atom. The van der Waals surface area contributed by atoms with Crippen molar-refractivity contribution in [2.45, 2.75) is 39.3 Å². The van der Waals surface area contributed by atoms with Crippen LogP contribution >= 0.6 is 0 Å². The lowest BCUT2D eigenvalue weighted by molar-refractivity contribution is 0.777. The van der Waals surface area contributed by atoms with Crippen molar-refractivity contribution in [3.63, 3.8) is 0 Å². The molecular formula is C14H21N5.